The van der Waals surface area contributed by atoms with E-state index in [-0.39, 0.29) is 29.4 Å². The molecule has 1 heterocycles. The zero-order valence-corrected chi connectivity index (χ0v) is 18.1. The molecule has 4 rings (SSSR count). The van der Waals surface area contributed by atoms with Crippen LogP contribution < -0.4 is 20.1 Å². The van der Waals surface area contributed by atoms with Crippen LogP contribution in [0.2, 0.25) is 0 Å². The van der Waals surface area contributed by atoms with Gasteiger partial charge in [0.25, 0.3) is 0 Å². The lowest BCUT2D eigenvalue weighted by atomic mass is 9.92. The van der Waals surface area contributed by atoms with Gasteiger partial charge in [-0.1, -0.05) is 30.3 Å². The van der Waals surface area contributed by atoms with Crippen molar-refractivity contribution in [2.45, 2.75) is 31.7 Å². The Morgan fingerprint density at radius 3 is 2.59 bits per heavy atom. The summed E-state index contributed by atoms with van der Waals surface area (Å²) in [4.78, 5) is 4.36. The number of aliphatic imine (C=N–C) groups is 1. The topological polar surface area (TPSA) is 54.9 Å². The Labute approximate surface area is 177 Å². The second kappa shape index (κ2) is 8.37. The molecule has 144 valence electrons. The molecule has 1 aliphatic heterocycles. The van der Waals surface area contributed by atoms with Gasteiger partial charge in [0.15, 0.2) is 17.5 Å². The quantitative estimate of drug-likeness (QED) is 0.390. The lowest BCUT2D eigenvalue weighted by molar-refractivity contribution is 0.174. The van der Waals surface area contributed by atoms with E-state index in [2.05, 4.69) is 46.8 Å². The van der Waals surface area contributed by atoms with Crippen LogP contribution in [-0.4, -0.2) is 26.3 Å². The van der Waals surface area contributed by atoms with Crippen molar-refractivity contribution in [1.29, 1.82) is 0 Å². The van der Waals surface area contributed by atoms with Gasteiger partial charge in [0.05, 0.1) is 0 Å². The lowest BCUT2D eigenvalue weighted by Gasteiger charge is -2.20. The summed E-state index contributed by atoms with van der Waals surface area (Å²) in [6.45, 7) is 4.09. The Bertz CT molecular complexity index is 834. The van der Waals surface area contributed by atoms with Crippen molar-refractivity contribution in [3.63, 3.8) is 0 Å². The molecule has 2 aromatic rings. The number of ether oxygens (including phenoxy) is 2. The molecule has 2 N–H and O–H groups in total. The zero-order valence-electron chi connectivity index (χ0n) is 15.7. The Morgan fingerprint density at radius 2 is 1.85 bits per heavy atom. The molecular weight excluding hydrogens is 453 g/mol. The number of nitrogens with zero attached hydrogens (tertiary/aromatic N) is 1. The molecular formula is C21H26IN3O2. The van der Waals surface area contributed by atoms with Gasteiger partial charge in [0, 0.05) is 25.6 Å². The first-order valence-corrected chi connectivity index (χ1v) is 9.09. The van der Waals surface area contributed by atoms with Crippen molar-refractivity contribution >= 4 is 29.9 Å². The Balaban J connectivity index is 0.00000210. The second-order valence-electron chi connectivity index (χ2n) is 7.06. The van der Waals surface area contributed by atoms with Crippen LogP contribution in [0.5, 0.6) is 11.5 Å². The number of guanidine groups is 1. The summed E-state index contributed by atoms with van der Waals surface area (Å²) < 4.78 is 10.8. The molecule has 2 aromatic carbocycles. The lowest BCUT2D eigenvalue weighted by Crippen LogP contribution is -2.41. The van der Waals surface area contributed by atoms with Gasteiger partial charge in [-0.15, -0.1) is 24.0 Å². The largest absolute Gasteiger partial charge is 0.454 e. The molecule has 0 unspecified atom stereocenters. The zero-order chi connectivity index (χ0) is 18.0. The number of halogens is 1. The smallest absolute Gasteiger partial charge is 0.231 e. The predicted molar refractivity (Wildman–Crippen MR) is 118 cm³/mol. The van der Waals surface area contributed by atoms with Gasteiger partial charge in [-0.3, -0.25) is 4.99 Å². The number of rotatable bonds is 5. The third kappa shape index (κ3) is 4.31. The highest BCUT2D eigenvalue weighted by atomic mass is 127. The first kappa shape index (κ1) is 19.8. The van der Waals surface area contributed by atoms with E-state index < -0.39 is 0 Å². The first-order chi connectivity index (χ1) is 12.7. The summed E-state index contributed by atoms with van der Waals surface area (Å²) in [5.74, 6) is 2.44. The molecule has 0 bridgehead atoms. The van der Waals surface area contributed by atoms with E-state index in [9.17, 15) is 0 Å². The van der Waals surface area contributed by atoms with E-state index >= 15 is 0 Å². The van der Waals surface area contributed by atoms with E-state index in [4.69, 9.17) is 9.47 Å². The third-order valence-electron chi connectivity index (χ3n) is 5.28. The molecule has 0 amide bonds. The predicted octanol–water partition coefficient (Wildman–Crippen LogP) is 3.74. The number of benzene rings is 2. The van der Waals surface area contributed by atoms with Crippen molar-refractivity contribution in [3.05, 3.63) is 59.2 Å². The van der Waals surface area contributed by atoms with Crippen molar-refractivity contribution in [2.75, 3.05) is 20.4 Å². The van der Waals surface area contributed by atoms with E-state index in [0.717, 1.165) is 29.6 Å². The van der Waals surface area contributed by atoms with Crippen LogP contribution in [0.3, 0.4) is 0 Å². The number of aryl methyl sites for hydroxylation is 1. The molecule has 1 aliphatic carbocycles. The normalized spacial score (nSPS) is 16.4. The molecule has 27 heavy (non-hydrogen) atoms. The molecule has 6 heteroatoms. The average molecular weight is 479 g/mol. The Morgan fingerprint density at radius 1 is 1.07 bits per heavy atom. The van der Waals surface area contributed by atoms with E-state index in [1.807, 2.05) is 25.2 Å². The average Bonchev–Trinajstić information content (AvgIpc) is 3.30. The maximum absolute atomic E-state index is 5.44. The fourth-order valence-corrected chi connectivity index (χ4v) is 3.57. The summed E-state index contributed by atoms with van der Waals surface area (Å²) in [6.07, 6.45) is 2.45. The summed E-state index contributed by atoms with van der Waals surface area (Å²) in [5.41, 5.74) is 4.22. The van der Waals surface area contributed by atoms with Gasteiger partial charge in [0.1, 0.15) is 0 Å². The van der Waals surface area contributed by atoms with Crippen LogP contribution in [0.15, 0.2) is 47.5 Å². The molecule has 1 fully saturated rings. The molecule has 0 spiro atoms. The monoisotopic (exact) mass is 479 g/mol. The Hall–Kier alpha value is -1.96. The standard InChI is InChI=1S/C21H25N3O2.HI/c1-15-5-3-4-6-17(15)21(9-10-21)13-24-20(22-2)23-12-16-7-8-18-19(11-16)26-14-25-18;/h3-8,11H,9-10,12-14H2,1-2H3,(H2,22,23,24);1H. The van der Waals surface area contributed by atoms with E-state index in [0.29, 0.717) is 13.3 Å². The minimum Gasteiger partial charge on any atom is -0.454 e. The number of hydrogen-bond acceptors (Lipinski definition) is 3. The minimum atomic E-state index is 0. The van der Waals surface area contributed by atoms with Crippen molar-refractivity contribution < 1.29 is 9.47 Å². The number of hydrogen-bond donors (Lipinski definition) is 2. The summed E-state index contributed by atoms with van der Waals surface area (Å²) in [7, 11) is 1.81. The van der Waals surface area contributed by atoms with Crippen LogP contribution in [0.1, 0.15) is 29.5 Å². The van der Waals surface area contributed by atoms with Crippen LogP contribution in [-0.2, 0) is 12.0 Å². The van der Waals surface area contributed by atoms with Crippen molar-refractivity contribution in [1.82, 2.24) is 10.6 Å². The molecule has 0 radical (unpaired) electrons. The molecule has 0 atom stereocenters. The molecule has 2 aliphatic rings. The SMILES string of the molecule is CN=C(NCc1ccc2c(c1)OCO2)NCC1(c2ccccc2C)CC1.I. The summed E-state index contributed by atoms with van der Waals surface area (Å²) in [6, 6.07) is 14.7. The van der Waals surface area contributed by atoms with Gasteiger partial charge in [-0.05, 0) is 48.6 Å². The molecule has 0 aromatic heterocycles. The third-order valence-corrected chi connectivity index (χ3v) is 5.28. The van der Waals surface area contributed by atoms with Crippen molar-refractivity contribution in [3.8, 4) is 11.5 Å². The van der Waals surface area contributed by atoms with Gasteiger partial charge in [0.2, 0.25) is 6.79 Å². The van der Waals surface area contributed by atoms with Gasteiger partial charge >= 0.3 is 0 Å². The molecule has 0 saturated heterocycles. The summed E-state index contributed by atoms with van der Waals surface area (Å²) >= 11 is 0. The maximum atomic E-state index is 5.44. The van der Waals surface area contributed by atoms with E-state index in [1.165, 1.54) is 24.0 Å². The first-order valence-electron chi connectivity index (χ1n) is 9.09. The van der Waals surface area contributed by atoms with Crippen LogP contribution >= 0.6 is 24.0 Å². The van der Waals surface area contributed by atoms with Gasteiger partial charge in [-0.25, -0.2) is 0 Å². The van der Waals surface area contributed by atoms with Crippen LogP contribution in [0.4, 0.5) is 0 Å². The highest BCUT2D eigenvalue weighted by Gasteiger charge is 2.44. The van der Waals surface area contributed by atoms with E-state index in [1.54, 1.807) is 0 Å². The highest BCUT2D eigenvalue weighted by molar-refractivity contribution is 14.0. The van der Waals surface area contributed by atoms with Gasteiger partial charge in [-0.2, -0.15) is 0 Å². The number of nitrogens with one attached hydrogen (secondary N) is 2. The molecule has 5 nitrogen and oxygen atoms in total. The van der Waals surface area contributed by atoms with Crippen molar-refractivity contribution in [2.24, 2.45) is 4.99 Å². The fourth-order valence-electron chi connectivity index (χ4n) is 3.57. The van der Waals surface area contributed by atoms with Gasteiger partial charge < -0.3 is 20.1 Å². The summed E-state index contributed by atoms with van der Waals surface area (Å²) in [5, 5.41) is 6.89. The Kier molecular flexibility index (Phi) is 6.14. The second-order valence-corrected chi connectivity index (χ2v) is 7.06. The fraction of sp³-hybridized carbons (Fsp3) is 0.381. The number of fused-ring (bicyclic) bond motifs is 1. The van der Waals surface area contributed by atoms with Crippen LogP contribution in [0.25, 0.3) is 0 Å². The molecule has 1 saturated carbocycles. The minimum absolute atomic E-state index is 0. The highest BCUT2D eigenvalue weighted by Crippen LogP contribution is 2.48. The maximum Gasteiger partial charge on any atom is 0.231 e. The van der Waals surface area contributed by atoms with Crippen LogP contribution in [0, 0.1) is 6.92 Å².